The van der Waals surface area contributed by atoms with Crippen molar-refractivity contribution in [2.45, 2.75) is 33.4 Å². The summed E-state index contributed by atoms with van der Waals surface area (Å²) in [6, 6.07) is 8.42. The van der Waals surface area contributed by atoms with Gasteiger partial charge in [0.2, 0.25) is 0 Å². The molecule has 0 fully saturated rings. The summed E-state index contributed by atoms with van der Waals surface area (Å²) in [7, 11) is 0. The molecule has 3 heteroatoms. The maximum Gasteiger partial charge on any atom is 0.0721 e. The molecule has 102 valence electrons. The molecule has 1 aromatic carbocycles. The third kappa shape index (κ3) is 6.15. The van der Waals surface area contributed by atoms with Crippen molar-refractivity contribution >= 4 is 0 Å². The normalized spacial score (nSPS) is 10.8. The molecule has 0 amide bonds. The van der Waals surface area contributed by atoms with Gasteiger partial charge in [0.1, 0.15) is 0 Å². The monoisotopic (exact) mass is 251 g/mol. The lowest BCUT2D eigenvalue weighted by molar-refractivity contribution is 0.0450. The van der Waals surface area contributed by atoms with E-state index in [9.17, 15) is 0 Å². The van der Waals surface area contributed by atoms with E-state index in [2.05, 4.69) is 36.5 Å². The van der Waals surface area contributed by atoms with Crippen molar-refractivity contribution in [1.82, 2.24) is 5.32 Å². The van der Waals surface area contributed by atoms with Crippen LogP contribution in [0, 0.1) is 0 Å². The lowest BCUT2D eigenvalue weighted by Crippen LogP contribution is -2.15. The van der Waals surface area contributed by atoms with Crippen LogP contribution in [-0.2, 0) is 22.6 Å². The average Bonchev–Trinajstić information content (AvgIpc) is 2.40. The SMILES string of the molecule is CCCNCc1ccccc1COCCOCC. The van der Waals surface area contributed by atoms with Crippen LogP contribution in [0.15, 0.2) is 24.3 Å². The molecule has 18 heavy (non-hydrogen) atoms. The van der Waals surface area contributed by atoms with Crippen LogP contribution >= 0.6 is 0 Å². The fourth-order valence-corrected chi connectivity index (χ4v) is 1.71. The number of rotatable bonds is 10. The molecule has 0 radical (unpaired) electrons. The zero-order chi connectivity index (χ0) is 13.1. The summed E-state index contributed by atoms with van der Waals surface area (Å²) in [4.78, 5) is 0. The second-order valence-corrected chi connectivity index (χ2v) is 4.19. The number of ether oxygens (including phenoxy) is 2. The van der Waals surface area contributed by atoms with E-state index in [0.717, 1.165) is 26.1 Å². The second-order valence-electron chi connectivity index (χ2n) is 4.19. The Morgan fingerprint density at radius 2 is 1.72 bits per heavy atom. The predicted octanol–water partition coefficient (Wildman–Crippen LogP) is 2.74. The summed E-state index contributed by atoms with van der Waals surface area (Å²) in [5.74, 6) is 0. The lowest BCUT2D eigenvalue weighted by atomic mass is 10.1. The van der Waals surface area contributed by atoms with Crippen molar-refractivity contribution in [3.05, 3.63) is 35.4 Å². The largest absolute Gasteiger partial charge is 0.379 e. The summed E-state index contributed by atoms with van der Waals surface area (Å²) in [6.45, 7) is 8.89. The van der Waals surface area contributed by atoms with Gasteiger partial charge >= 0.3 is 0 Å². The molecular formula is C15H25NO2. The van der Waals surface area contributed by atoms with Crippen molar-refractivity contribution in [2.75, 3.05) is 26.4 Å². The van der Waals surface area contributed by atoms with Crippen molar-refractivity contribution in [3.63, 3.8) is 0 Å². The van der Waals surface area contributed by atoms with E-state index in [1.54, 1.807) is 0 Å². The minimum absolute atomic E-state index is 0.657. The van der Waals surface area contributed by atoms with Gasteiger partial charge in [0.05, 0.1) is 19.8 Å². The highest BCUT2D eigenvalue weighted by atomic mass is 16.5. The summed E-state index contributed by atoms with van der Waals surface area (Å²) in [6.07, 6.45) is 1.16. The minimum Gasteiger partial charge on any atom is -0.379 e. The van der Waals surface area contributed by atoms with Gasteiger partial charge in [0.25, 0.3) is 0 Å². The first-order valence-electron chi connectivity index (χ1n) is 6.81. The fourth-order valence-electron chi connectivity index (χ4n) is 1.71. The maximum absolute atomic E-state index is 5.62. The lowest BCUT2D eigenvalue weighted by Gasteiger charge is -2.11. The molecule has 0 aliphatic rings. The molecule has 0 saturated heterocycles. The molecule has 0 aromatic heterocycles. The molecule has 1 rings (SSSR count). The van der Waals surface area contributed by atoms with Gasteiger partial charge in [-0.3, -0.25) is 0 Å². The zero-order valence-electron chi connectivity index (χ0n) is 11.6. The molecule has 0 unspecified atom stereocenters. The Bertz CT molecular complexity index is 315. The van der Waals surface area contributed by atoms with Gasteiger partial charge in [-0.05, 0) is 31.0 Å². The summed E-state index contributed by atoms with van der Waals surface area (Å²) in [5.41, 5.74) is 2.58. The molecular weight excluding hydrogens is 226 g/mol. The Balaban J connectivity index is 2.33. The molecule has 0 saturated carbocycles. The zero-order valence-corrected chi connectivity index (χ0v) is 11.6. The highest BCUT2D eigenvalue weighted by Gasteiger charge is 2.01. The highest BCUT2D eigenvalue weighted by molar-refractivity contribution is 5.26. The molecule has 3 nitrogen and oxygen atoms in total. The van der Waals surface area contributed by atoms with E-state index in [-0.39, 0.29) is 0 Å². The molecule has 0 aliphatic carbocycles. The van der Waals surface area contributed by atoms with Gasteiger partial charge in [-0.15, -0.1) is 0 Å². The van der Waals surface area contributed by atoms with E-state index < -0.39 is 0 Å². The summed E-state index contributed by atoms with van der Waals surface area (Å²) < 4.78 is 10.9. The Morgan fingerprint density at radius 3 is 2.44 bits per heavy atom. The first-order chi connectivity index (χ1) is 8.88. The van der Waals surface area contributed by atoms with E-state index in [1.807, 2.05) is 6.92 Å². The topological polar surface area (TPSA) is 30.5 Å². The van der Waals surface area contributed by atoms with E-state index >= 15 is 0 Å². The van der Waals surface area contributed by atoms with Gasteiger partial charge in [-0.25, -0.2) is 0 Å². The Labute approximate surface area is 110 Å². The van der Waals surface area contributed by atoms with Crippen LogP contribution in [-0.4, -0.2) is 26.4 Å². The van der Waals surface area contributed by atoms with Crippen LogP contribution < -0.4 is 5.32 Å². The first kappa shape index (κ1) is 15.2. The van der Waals surface area contributed by atoms with E-state index in [1.165, 1.54) is 11.1 Å². The number of benzene rings is 1. The van der Waals surface area contributed by atoms with Crippen LogP contribution in [0.2, 0.25) is 0 Å². The summed E-state index contributed by atoms with van der Waals surface area (Å²) in [5, 5.41) is 3.42. The Kier molecular flexibility index (Phi) is 8.47. The highest BCUT2D eigenvalue weighted by Crippen LogP contribution is 2.09. The third-order valence-corrected chi connectivity index (χ3v) is 2.69. The smallest absolute Gasteiger partial charge is 0.0721 e. The second kappa shape index (κ2) is 10.1. The van der Waals surface area contributed by atoms with Crippen molar-refractivity contribution in [2.24, 2.45) is 0 Å². The van der Waals surface area contributed by atoms with Crippen LogP contribution in [0.3, 0.4) is 0 Å². The predicted molar refractivity (Wildman–Crippen MR) is 74.6 cm³/mol. The van der Waals surface area contributed by atoms with Gasteiger partial charge in [0, 0.05) is 13.2 Å². The van der Waals surface area contributed by atoms with Crippen LogP contribution in [0.5, 0.6) is 0 Å². The maximum atomic E-state index is 5.62. The third-order valence-electron chi connectivity index (χ3n) is 2.69. The quantitative estimate of drug-likeness (QED) is 0.649. The van der Waals surface area contributed by atoms with Crippen molar-refractivity contribution in [3.8, 4) is 0 Å². The average molecular weight is 251 g/mol. The molecule has 0 heterocycles. The first-order valence-corrected chi connectivity index (χ1v) is 6.81. The number of hydrogen-bond acceptors (Lipinski definition) is 3. The Hall–Kier alpha value is -0.900. The van der Waals surface area contributed by atoms with Crippen LogP contribution in [0.1, 0.15) is 31.4 Å². The molecule has 0 atom stereocenters. The van der Waals surface area contributed by atoms with Crippen LogP contribution in [0.4, 0.5) is 0 Å². The summed E-state index contributed by atoms with van der Waals surface area (Å²) >= 11 is 0. The number of nitrogens with one attached hydrogen (secondary N) is 1. The van der Waals surface area contributed by atoms with E-state index in [0.29, 0.717) is 19.8 Å². The molecule has 0 spiro atoms. The molecule has 0 aliphatic heterocycles. The van der Waals surface area contributed by atoms with Crippen molar-refractivity contribution < 1.29 is 9.47 Å². The molecule has 1 aromatic rings. The van der Waals surface area contributed by atoms with Crippen LogP contribution in [0.25, 0.3) is 0 Å². The van der Waals surface area contributed by atoms with Crippen molar-refractivity contribution in [1.29, 1.82) is 0 Å². The number of hydrogen-bond donors (Lipinski definition) is 1. The fraction of sp³-hybridized carbons (Fsp3) is 0.600. The molecule has 0 bridgehead atoms. The Morgan fingerprint density at radius 1 is 1.00 bits per heavy atom. The molecule has 1 N–H and O–H groups in total. The minimum atomic E-state index is 0.657. The van der Waals surface area contributed by atoms with Gasteiger partial charge < -0.3 is 14.8 Å². The van der Waals surface area contributed by atoms with Gasteiger partial charge in [-0.1, -0.05) is 31.2 Å². The van der Waals surface area contributed by atoms with Gasteiger partial charge in [-0.2, -0.15) is 0 Å². The van der Waals surface area contributed by atoms with Gasteiger partial charge in [0.15, 0.2) is 0 Å². The van der Waals surface area contributed by atoms with E-state index in [4.69, 9.17) is 9.47 Å². The standard InChI is InChI=1S/C15H25NO2/c1-3-9-16-12-14-7-5-6-8-15(14)13-18-11-10-17-4-2/h5-8,16H,3-4,9-13H2,1-2H3.